The Kier molecular flexibility index (Phi) is 3.84. The third kappa shape index (κ3) is 2.42. The summed E-state index contributed by atoms with van der Waals surface area (Å²) in [5.41, 5.74) is 0.0434. The lowest BCUT2D eigenvalue weighted by Gasteiger charge is -2.45. The molecule has 0 radical (unpaired) electrons. The molecule has 2 saturated heterocycles. The van der Waals surface area contributed by atoms with E-state index in [0.717, 1.165) is 44.2 Å². The van der Waals surface area contributed by atoms with Gasteiger partial charge in [-0.3, -0.25) is 4.79 Å². The first-order valence-electron chi connectivity index (χ1n) is 8.25. The number of rotatable bonds is 3. The van der Waals surface area contributed by atoms with Gasteiger partial charge < -0.3 is 10.2 Å². The lowest BCUT2D eigenvalue weighted by atomic mass is 9.66. The molecule has 0 aromatic rings. The Labute approximate surface area is 117 Å². The molecule has 3 nitrogen and oxygen atoms in total. The average Bonchev–Trinajstić information content (AvgIpc) is 2.92. The van der Waals surface area contributed by atoms with Crippen molar-refractivity contribution >= 4 is 5.91 Å². The highest BCUT2D eigenvalue weighted by atomic mass is 16.2. The van der Waals surface area contributed by atoms with Gasteiger partial charge in [0, 0.05) is 18.5 Å². The molecule has 0 aromatic carbocycles. The van der Waals surface area contributed by atoms with Gasteiger partial charge in [-0.2, -0.15) is 0 Å². The van der Waals surface area contributed by atoms with Gasteiger partial charge in [0.05, 0.1) is 0 Å². The summed E-state index contributed by atoms with van der Waals surface area (Å²) < 4.78 is 0. The van der Waals surface area contributed by atoms with E-state index in [1.54, 1.807) is 0 Å². The van der Waals surface area contributed by atoms with Crippen molar-refractivity contribution in [1.29, 1.82) is 0 Å². The van der Waals surface area contributed by atoms with Crippen molar-refractivity contribution in [3.63, 3.8) is 0 Å². The topological polar surface area (TPSA) is 32.3 Å². The van der Waals surface area contributed by atoms with E-state index in [4.69, 9.17) is 0 Å². The predicted octanol–water partition coefficient (Wildman–Crippen LogP) is 2.41. The largest absolute Gasteiger partial charge is 0.342 e. The van der Waals surface area contributed by atoms with Gasteiger partial charge >= 0.3 is 0 Å². The summed E-state index contributed by atoms with van der Waals surface area (Å²) in [6.45, 7) is 6.62. The van der Waals surface area contributed by atoms with Crippen LogP contribution in [0.1, 0.15) is 51.9 Å². The van der Waals surface area contributed by atoms with Crippen molar-refractivity contribution in [2.45, 2.75) is 51.9 Å². The maximum absolute atomic E-state index is 12.7. The molecule has 1 atom stereocenters. The van der Waals surface area contributed by atoms with E-state index < -0.39 is 0 Å². The van der Waals surface area contributed by atoms with E-state index in [2.05, 4.69) is 17.1 Å². The second kappa shape index (κ2) is 5.43. The first-order chi connectivity index (χ1) is 9.25. The molecule has 3 aliphatic rings. The second-order valence-corrected chi connectivity index (χ2v) is 6.87. The Morgan fingerprint density at radius 3 is 2.42 bits per heavy atom. The van der Waals surface area contributed by atoms with E-state index in [-0.39, 0.29) is 5.41 Å². The van der Waals surface area contributed by atoms with E-state index in [1.165, 1.54) is 38.8 Å². The minimum absolute atomic E-state index is 0.0434. The lowest BCUT2D eigenvalue weighted by molar-refractivity contribution is -0.149. The maximum atomic E-state index is 12.7. The van der Waals surface area contributed by atoms with Crippen LogP contribution in [0.5, 0.6) is 0 Å². The fraction of sp³-hybridized carbons (Fsp3) is 0.938. The molecule has 3 fully saturated rings. The molecular formula is C16H28N2O. The van der Waals surface area contributed by atoms with Crippen LogP contribution in [0, 0.1) is 17.3 Å². The van der Waals surface area contributed by atoms with Gasteiger partial charge in [0.2, 0.25) is 5.91 Å². The fourth-order valence-corrected chi connectivity index (χ4v) is 4.31. The summed E-state index contributed by atoms with van der Waals surface area (Å²) in [7, 11) is 0. The summed E-state index contributed by atoms with van der Waals surface area (Å²) in [5.74, 6) is 2.21. The molecule has 108 valence electrons. The molecule has 0 spiro atoms. The number of carbonyl (C=O) groups excluding carboxylic acids is 1. The van der Waals surface area contributed by atoms with Crippen molar-refractivity contribution in [1.82, 2.24) is 10.2 Å². The molecule has 0 bridgehead atoms. The molecule has 1 aliphatic carbocycles. The van der Waals surface area contributed by atoms with Gasteiger partial charge in [-0.15, -0.1) is 0 Å². The SMILES string of the molecule is CCC1(C(=O)N2CCC(C3CCNC3)CC2)CCC1. The van der Waals surface area contributed by atoms with Crippen molar-refractivity contribution in [2.75, 3.05) is 26.2 Å². The van der Waals surface area contributed by atoms with E-state index in [1.807, 2.05) is 0 Å². The molecule has 19 heavy (non-hydrogen) atoms. The Balaban J connectivity index is 1.53. The molecule has 0 aromatic heterocycles. The molecule has 1 saturated carbocycles. The van der Waals surface area contributed by atoms with Gasteiger partial charge in [0.1, 0.15) is 0 Å². The zero-order valence-corrected chi connectivity index (χ0v) is 12.3. The second-order valence-electron chi connectivity index (χ2n) is 6.87. The van der Waals surface area contributed by atoms with E-state index >= 15 is 0 Å². The van der Waals surface area contributed by atoms with Crippen LogP contribution in [-0.4, -0.2) is 37.0 Å². The molecular weight excluding hydrogens is 236 g/mol. The van der Waals surface area contributed by atoms with Crippen LogP contribution in [-0.2, 0) is 4.79 Å². The number of amides is 1. The Hall–Kier alpha value is -0.570. The van der Waals surface area contributed by atoms with Gasteiger partial charge in [0.15, 0.2) is 0 Å². The zero-order valence-electron chi connectivity index (χ0n) is 12.3. The maximum Gasteiger partial charge on any atom is 0.228 e. The number of nitrogens with one attached hydrogen (secondary N) is 1. The summed E-state index contributed by atoms with van der Waals surface area (Å²) >= 11 is 0. The van der Waals surface area contributed by atoms with Gasteiger partial charge in [-0.25, -0.2) is 0 Å². The number of piperidine rings is 1. The molecule has 1 N–H and O–H groups in total. The van der Waals surface area contributed by atoms with Crippen LogP contribution in [0.25, 0.3) is 0 Å². The highest BCUT2D eigenvalue weighted by molar-refractivity contribution is 5.83. The van der Waals surface area contributed by atoms with Crippen molar-refractivity contribution in [3.05, 3.63) is 0 Å². The van der Waals surface area contributed by atoms with Gasteiger partial charge in [-0.05, 0) is 63.5 Å². The third-order valence-corrected chi connectivity index (χ3v) is 6.03. The van der Waals surface area contributed by atoms with Crippen LogP contribution >= 0.6 is 0 Å². The van der Waals surface area contributed by atoms with Crippen LogP contribution in [0.3, 0.4) is 0 Å². The first-order valence-corrected chi connectivity index (χ1v) is 8.25. The normalized spacial score (nSPS) is 31.2. The minimum atomic E-state index is 0.0434. The van der Waals surface area contributed by atoms with E-state index in [9.17, 15) is 4.79 Å². The summed E-state index contributed by atoms with van der Waals surface area (Å²) in [6.07, 6.45) is 8.37. The zero-order chi connectivity index (χ0) is 13.3. The molecule has 2 aliphatic heterocycles. The summed E-state index contributed by atoms with van der Waals surface area (Å²) in [6, 6.07) is 0. The number of hydrogen-bond donors (Lipinski definition) is 1. The molecule has 1 amide bonds. The predicted molar refractivity (Wildman–Crippen MR) is 76.9 cm³/mol. The first kappa shape index (κ1) is 13.4. The van der Waals surface area contributed by atoms with Gasteiger partial charge in [0.25, 0.3) is 0 Å². The Morgan fingerprint density at radius 2 is 1.95 bits per heavy atom. The quantitative estimate of drug-likeness (QED) is 0.849. The van der Waals surface area contributed by atoms with Gasteiger partial charge in [-0.1, -0.05) is 13.3 Å². The average molecular weight is 264 g/mol. The number of carbonyl (C=O) groups is 1. The van der Waals surface area contributed by atoms with Crippen LogP contribution in [0.15, 0.2) is 0 Å². The molecule has 3 heteroatoms. The lowest BCUT2D eigenvalue weighted by Crippen LogP contribution is -2.50. The van der Waals surface area contributed by atoms with Crippen LogP contribution in [0.2, 0.25) is 0 Å². The molecule has 2 heterocycles. The smallest absolute Gasteiger partial charge is 0.228 e. The molecule has 1 unspecified atom stereocenters. The standard InChI is InChI=1S/C16H28N2O/c1-2-16(7-3-8-16)15(19)18-10-5-13(6-11-18)14-4-9-17-12-14/h13-14,17H,2-12H2,1H3. The van der Waals surface area contributed by atoms with Crippen molar-refractivity contribution < 1.29 is 4.79 Å². The Morgan fingerprint density at radius 1 is 1.21 bits per heavy atom. The minimum Gasteiger partial charge on any atom is -0.342 e. The van der Waals surface area contributed by atoms with Crippen molar-refractivity contribution in [3.8, 4) is 0 Å². The van der Waals surface area contributed by atoms with E-state index in [0.29, 0.717) is 5.91 Å². The Bertz CT molecular complexity index is 318. The highest BCUT2D eigenvalue weighted by Crippen LogP contribution is 2.46. The number of hydrogen-bond acceptors (Lipinski definition) is 2. The monoisotopic (exact) mass is 264 g/mol. The summed E-state index contributed by atoms with van der Waals surface area (Å²) in [5, 5.41) is 3.47. The van der Waals surface area contributed by atoms with Crippen molar-refractivity contribution in [2.24, 2.45) is 17.3 Å². The highest BCUT2D eigenvalue weighted by Gasteiger charge is 2.45. The molecule has 3 rings (SSSR count). The number of likely N-dealkylation sites (tertiary alicyclic amines) is 1. The fourth-order valence-electron chi connectivity index (χ4n) is 4.31. The summed E-state index contributed by atoms with van der Waals surface area (Å²) in [4.78, 5) is 14.9. The number of nitrogens with zero attached hydrogens (tertiary/aromatic N) is 1. The third-order valence-electron chi connectivity index (χ3n) is 6.03. The van der Waals surface area contributed by atoms with Crippen LogP contribution in [0.4, 0.5) is 0 Å². The van der Waals surface area contributed by atoms with Crippen LogP contribution < -0.4 is 5.32 Å².